The van der Waals surface area contributed by atoms with Gasteiger partial charge in [-0.05, 0) is 31.2 Å². The van der Waals surface area contributed by atoms with Crippen LogP contribution in [0.15, 0.2) is 48.5 Å². The first kappa shape index (κ1) is 14.8. The van der Waals surface area contributed by atoms with Gasteiger partial charge in [0.2, 0.25) is 11.9 Å². The molecule has 0 aliphatic rings. The van der Waals surface area contributed by atoms with Gasteiger partial charge in [-0.3, -0.25) is 0 Å². The first-order chi connectivity index (χ1) is 11.2. The van der Waals surface area contributed by atoms with Crippen molar-refractivity contribution in [3.63, 3.8) is 0 Å². The molecule has 1 aromatic heterocycles. The SMILES string of the molecule is COc1ccccc1-c1nc(N)nc(Nc2ccc(C)cc2)n1. The highest BCUT2D eigenvalue weighted by molar-refractivity contribution is 5.66. The molecule has 3 N–H and O–H groups in total. The Morgan fingerprint density at radius 2 is 1.70 bits per heavy atom. The number of nitrogens with zero attached hydrogens (tertiary/aromatic N) is 3. The van der Waals surface area contributed by atoms with Gasteiger partial charge in [0.25, 0.3) is 0 Å². The second-order valence-electron chi connectivity index (χ2n) is 5.03. The molecule has 0 amide bonds. The summed E-state index contributed by atoms with van der Waals surface area (Å²) >= 11 is 0. The van der Waals surface area contributed by atoms with Crippen molar-refractivity contribution in [2.24, 2.45) is 0 Å². The number of aryl methyl sites for hydroxylation is 1. The normalized spacial score (nSPS) is 10.3. The average Bonchev–Trinajstić information content (AvgIpc) is 2.56. The van der Waals surface area contributed by atoms with Crippen LogP contribution in [0.2, 0.25) is 0 Å². The Labute approximate surface area is 134 Å². The molecular formula is C17H17N5O. The third-order valence-corrected chi connectivity index (χ3v) is 3.31. The van der Waals surface area contributed by atoms with Crippen LogP contribution >= 0.6 is 0 Å². The number of para-hydroxylation sites is 1. The second kappa shape index (κ2) is 6.31. The van der Waals surface area contributed by atoms with Gasteiger partial charge in [0, 0.05) is 5.69 Å². The molecule has 0 bridgehead atoms. The molecule has 1 heterocycles. The quantitative estimate of drug-likeness (QED) is 0.770. The number of aromatic nitrogens is 3. The molecule has 0 fully saturated rings. The van der Waals surface area contributed by atoms with Crippen molar-refractivity contribution >= 4 is 17.6 Å². The first-order valence-corrected chi connectivity index (χ1v) is 7.14. The molecule has 0 aliphatic heterocycles. The summed E-state index contributed by atoms with van der Waals surface area (Å²) in [6.07, 6.45) is 0. The number of nitrogen functional groups attached to an aromatic ring is 1. The van der Waals surface area contributed by atoms with Gasteiger partial charge in [-0.15, -0.1) is 0 Å². The molecular weight excluding hydrogens is 290 g/mol. The van der Waals surface area contributed by atoms with Gasteiger partial charge in [-0.1, -0.05) is 29.8 Å². The zero-order valence-corrected chi connectivity index (χ0v) is 12.9. The number of benzene rings is 2. The van der Waals surface area contributed by atoms with E-state index < -0.39 is 0 Å². The third-order valence-electron chi connectivity index (χ3n) is 3.31. The maximum atomic E-state index is 5.82. The van der Waals surface area contributed by atoms with E-state index in [1.807, 2.05) is 55.5 Å². The van der Waals surface area contributed by atoms with Gasteiger partial charge in [0.15, 0.2) is 5.82 Å². The second-order valence-corrected chi connectivity index (χ2v) is 5.03. The molecule has 116 valence electrons. The summed E-state index contributed by atoms with van der Waals surface area (Å²) in [5.74, 6) is 1.68. The number of hydrogen-bond donors (Lipinski definition) is 2. The minimum atomic E-state index is 0.149. The summed E-state index contributed by atoms with van der Waals surface area (Å²) in [5.41, 5.74) is 8.65. The molecule has 3 aromatic rings. The van der Waals surface area contributed by atoms with E-state index in [1.54, 1.807) is 7.11 Å². The van der Waals surface area contributed by atoms with Crippen LogP contribution in [-0.4, -0.2) is 22.1 Å². The van der Waals surface area contributed by atoms with Gasteiger partial charge >= 0.3 is 0 Å². The number of nitrogens with two attached hydrogens (primary N) is 1. The zero-order chi connectivity index (χ0) is 16.2. The lowest BCUT2D eigenvalue weighted by Gasteiger charge is -2.10. The van der Waals surface area contributed by atoms with Gasteiger partial charge in [0.1, 0.15) is 5.75 Å². The van der Waals surface area contributed by atoms with E-state index in [1.165, 1.54) is 5.56 Å². The highest BCUT2D eigenvalue weighted by Crippen LogP contribution is 2.28. The molecule has 3 rings (SSSR count). The van der Waals surface area contributed by atoms with Gasteiger partial charge in [-0.25, -0.2) is 0 Å². The Hall–Kier alpha value is -3.15. The minimum absolute atomic E-state index is 0.149. The molecule has 0 spiro atoms. The lowest BCUT2D eigenvalue weighted by Crippen LogP contribution is -2.05. The van der Waals surface area contributed by atoms with Crippen LogP contribution < -0.4 is 15.8 Å². The van der Waals surface area contributed by atoms with Crippen LogP contribution in [0.3, 0.4) is 0 Å². The van der Waals surface area contributed by atoms with E-state index in [0.717, 1.165) is 11.3 Å². The molecule has 23 heavy (non-hydrogen) atoms. The van der Waals surface area contributed by atoms with E-state index in [9.17, 15) is 0 Å². The summed E-state index contributed by atoms with van der Waals surface area (Å²) in [6.45, 7) is 2.03. The third kappa shape index (κ3) is 3.37. The number of hydrogen-bond acceptors (Lipinski definition) is 6. The minimum Gasteiger partial charge on any atom is -0.496 e. The fraction of sp³-hybridized carbons (Fsp3) is 0.118. The van der Waals surface area contributed by atoms with Crippen LogP contribution in [0, 0.1) is 6.92 Å². The Kier molecular flexibility index (Phi) is 4.05. The van der Waals surface area contributed by atoms with E-state index >= 15 is 0 Å². The van der Waals surface area contributed by atoms with Gasteiger partial charge < -0.3 is 15.8 Å². The molecule has 6 heteroatoms. The molecule has 0 aliphatic carbocycles. The van der Waals surface area contributed by atoms with Crippen LogP contribution in [0.25, 0.3) is 11.4 Å². The molecule has 0 saturated heterocycles. The predicted octanol–water partition coefficient (Wildman–Crippen LogP) is 3.18. The Morgan fingerprint density at radius 3 is 2.43 bits per heavy atom. The van der Waals surface area contributed by atoms with Crippen molar-refractivity contribution < 1.29 is 4.74 Å². The summed E-state index contributed by atoms with van der Waals surface area (Å²) in [5, 5.41) is 3.14. The van der Waals surface area contributed by atoms with Crippen LogP contribution in [0.1, 0.15) is 5.56 Å². The molecule has 0 atom stereocenters. The van der Waals surface area contributed by atoms with Crippen LogP contribution in [-0.2, 0) is 0 Å². The average molecular weight is 307 g/mol. The predicted molar refractivity (Wildman–Crippen MR) is 90.7 cm³/mol. The van der Waals surface area contributed by atoms with Crippen LogP contribution in [0.5, 0.6) is 5.75 Å². The highest BCUT2D eigenvalue weighted by atomic mass is 16.5. The van der Waals surface area contributed by atoms with Crippen molar-refractivity contribution in [1.29, 1.82) is 0 Å². The maximum absolute atomic E-state index is 5.82. The maximum Gasteiger partial charge on any atom is 0.232 e. The van der Waals surface area contributed by atoms with Crippen molar-refractivity contribution in [2.75, 3.05) is 18.2 Å². The smallest absolute Gasteiger partial charge is 0.232 e. The van der Waals surface area contributed by atoms with E-state index in [2.05, 4.69) is 20.3 Å². The zero-order valence-electron chi connectivity index (χ0n) is 12.9. The Bertz CT molecular complexity index is 817. The Balaban J connectivity index is 1.97. The largest absolute Gasteiger partial charge is 0.496 e. The lowest BCUT2D eigenvalue weighted by molar-refractivity contribution is 0.416. The van der Waals surface area contributed by atoms with Crippen LogP contribution in [0.4, 0.5) is 17.6 Å². The number of methoxy groups -OCH3 is 1. The molecule has 0 unspecified atom stereocenters. The van der Waals surface area contributed by atoms with Gasteiger partial charge in [-0.2, -0.15) is 15.0 Å². The molecule has 0 radical (unpaired) electrons. The van der Waals surface area contributed by atoms with E-state index in [-0.39, 0.29) is 5.95 Å². The monoisotopic (exact) mass is 307 g/mol. The van der Waals surface area contributed by atoms with Gasteiger partial charge in [0.05, 0.1) is 12.7 Å². The standard InChI is InChI=1S/C17H17N5O/c1-11-7-9-12(10-8-11)19-17-21-15(20-16(18)22-17)13-5-3-4-6-14(13)23-2/h3-10H,1-2H3,(H3,18,19,20,21,22). The number of rotatable bonds is 4. The van der Waals surface area contributed by atoms with E-state index in [0.29, 0.717) is 17.5 Å². The van der Waals surface area contributed by atoms with Crippen molar-refractivity contribution in [3.8, 4) is 17.1 Å². The van der Waals surface area contributed by atoms with Crippen molar-refractivity contribution in [3.05, 3.63) is 54.1 Å². The summed E-state index contributed by atoms with van der Waals surface area (Å²) in [7, 11) is 1.61. The molecule has 6 nitrogen and oxygen atoms in total. The summed E-state index contributed by atoms with van der Waals surface area (Å²) in [4.78, 5) is 12.8. The first-order valence-electron chi connectivity index (χ1n) is 7.14. The summed E-state index contributed by atoms with van der Waals surface area (Å²) in [6, 6.07) is 15.4. The topological polar surface area (TPSA) is 86.0 Å². The lowest BCUT2D eigenvalue weighted by atomic mass is 10.2. The summed E-state index contributed by atoms with van der Waals surface area (Å²) < 4.78 is 5.35. The number of anilines is 3. The van der Waals surface area contributed by atoms with Crippen molar-refractivity contribution in [2.45, 2.75) is 6.92 Å². The highest BCUT2D eigenvalue weighted by Gasteiger charge is 2.11. The molecule has 0 saturated carbocycles. The fourth-order valence-electron chi connectivity index (χ4n) is 2.16. The number of ether oxygens (including phenoxy) is 1. The van der Waals surface area contributed by atoms with E-state index in [4.69, 9.17) is 10.5 Å². The number of nitrogens with one attached hydrogen (secondary N) is 1. The Morgan fingerprint density at radius 1 is 0.957 bits per heavy atom. The molecule has 2 aromatic carbocycles. The van der Waals surface area contributed by atoms with Crippen molar-refractivity contribution in [1.82, 2.24) is 15.0 Å². The fourth-order valence-corrected chi connectivity index (χ4v) is 2.16.